The first-order chi connectivity index (χ1) is 23.8. The average Bonchev–Trinajstić information content (AvgIpc) is 3.77. The number of hydrogen-bond acceptors (Lipinski definition) is 2. The van der Waals surface area contributed by atoms with Crippen LogP contribution in [-0.2, 0) is 5.41 Å². The number of hydrogen-bond donors (Lipinski definition) is 0. The van der Waals surface area contributed by atoms with E-state index in [9.17, 15) is 0 Å². The Morgan fingerprint density at radius 3 is 1.85 bits per heavy atom. The van der Waals surface area contributed by atoms with Gasteiger partial charge in [-0.1, -0.05) is 133 Å². The minimum Gasteiger partial charge on any atom is -0.291 e. The maximum Gasteiger partial charge on any atom is 0.165 e. The summed E-state index contributed by atoms with van der Waals surface area (Å²) < 4.78 is 2.32. The van der Waals surface area contributed by atoms with E-state index in [-0.39, 0.29) is 0 Å². The van der Waals surface area contributed by atoms with E-state index in [4.69, 9.17) is 9.97 Å². The third-order valence-electron chi connectivity index (χ3n) is 10.6. The van der Waals surface area contributed by atoms with Gasteiger partial charge in [0.15, 0.2) is 5.65 Å². The summed E-state index contributed by atoms with van der Waals surface area (Å²) in [6, 6.07) is 59.5. The van der Waals surface area contributed by atoms with E-state index in [1.54, 1.807) is 0 Å². The van der Waals surface area contributed by atoms with Gasteiger partial charge in [-0.15, -0.1) is 0 Å². The van der Waals surface area contributed by atoms with Gasteiger partial charge in [0.2, 0.25) is 0 Å². The maximum atomic E-state index is 5.24. The Kier molecular flexibility index (Phi) is 5.04. The molecule has 1 aliphatic rings. The molecule has 0 N–H and O–H groups in total. The van der Waals surface area contributed by atoms with E-state index in [1.807, 2.05) is 12.1 Å². The second-order valence-electron chi connectivity index (χ2n) is 12.9. The van der Waals surface area contributed by atoms with E-state index in [0.717, 1.165) is 33.1 Å². The predicted molar refractivity (Wildman–Crippen MR) is 197 cm³/mol. The fourth-order valence-corrected chi connectivity index (χ4v) is 8.71. The summed E-state index contributed by atoms with van der Waals surface area (Å²) in [5.41, 5.74) is 15.7. The summed E-state index contributed by atoms with van der Waals surface area (Å²) >= 11 is 0. The van der Waals surface area contributed by atoms with Crippen LogP contribution in [0.4, 0.5) is 0 Å². The van der Waals surface area contributed by atoms with Gasteiger partial charge >= 0.3 is 0 Å². The Hall–Kier alpha value is -6.32. The molecule has 48 heavy (non-hydrogen) atoms. The topological polar surface area (TPSA) is 30.2 Å². The van der Waals surface area contributed by atoms with Crippen LogP contribution in [-0.4, -0.2) is 14.4 Å². The number of benzene rings is 7. The van der Waals surface area contributed by atoms with Crippen molar-refractivity contribution in [3.05, 3.63) is 186 Å². The van der Waals surface area contributed by atoms with Crippen LogP contribution < -0.4 is 0 Å². The molecule has 0 amide bonds. The van der Waals surface area contributed by atoms with Gasteiger partial charge in [-0.25, -0.2) is 9.97 Å². The molecule has 11 rings (SSSR count). The van der Waals surface area contributed by atoms with Gasteiger partial charge < -0.3 is 0 Å². The van der Waals surface area contributed by atoms with Crippen LogP contribution in [0.25, 0.3) is 71.6 Å². The van der Waals surface area contributed by atoms with Gasteiger partial charge in [-0.05, 0) is 74.8 Å². The summed E-state index contributed by atoms with van der Waals surface area (Å²) in [5.74, 6) is 0. The van der Waals surface area contributed by atoms with Crippen molar-refractivity contribution in [2.75, 3.05) is 0 Å². The SMILES string of the molecule is c1ccc(C2(c3ccccc3)c3ccccc3-c3c(-c4cc5c6ccccc6n6c7nc8ccccc8nc7c(c4)c56)cccc32)cc1. The lowest BCUT2D eigenvalue weighted by molar-refractivity contribution is 0.768. The highest BCUT2D eigenvalue weighted by Gasteiger charge is 2.46. The molecule has 0 aliphatic heterocycles. The third-order valence-corrected chi connectivity index (χ3v) is 10.6. The monoisotopic (exact) mass is 609 g/mol. The third kappa shape index (κ3) is 3.18. The normalized spacial score (nSPS) is 13.6. The van der Waals surface area contributed by atoms with Crippen LogP contribution in [0.5, 0.6) is 0 Å². The standard InChI is InChI=1S/C45H27N3/c1-3-14-29(15-4-1)45(30-16-5-2-6-17-30)36-21-9-7-19-33(36)41-31(20-13-22-37(41)45)28-26-34-32-18-8-12-25-40(32)48-43(34)35(27-28)42-44(48)47-39-24-11-10-23-38(39)46-42/h1-27H. The van der Waals surface area contributed by atoms with Gasteiger partial charge in [0.25, 0.3) is 0 Å². The molecular formula is C45H27N3. The second kappa shape index (κ2) is 9.37. The molecule has 0 unspecified atom stereocenters. The molecular weight excluding hydrogens is 583 g/mol. The molecule has 3 nitrogen and oxygen atoms in total. The van der Waals surface area contributed by atoms with Crippen molar-refractivity contribution in [1.82, 2.24) is 14.4 Å². The van der Waals surface area contributed by atoms with Crippen molar-refractivity contribution in [1.29, 1.82) is 0 Å². The zero-order valence-electron chi connectivity index (χ0n) is 25.9. The first kappa shape index (κ1) is 25.8. The smallest absolute Gasteiger partial charge is 0.165 e. The maximum absolute atomic E-state index is 5.24. The van der Waals surface area contributed by atoms with Crippen LogP contribution >= 0.6 is 0 Å². The van der Waals surface area contributed by atoms with Crippen LogP contribution in [0.3, 0.4) is 0 Å². The van der Waals surface area contributed by atoms with Gasteiger partial charge in [0.1, 0.15) is 5.52 Å². The summed E-state index contributed by atoms with van der Waals surface area (Å²) in [4.78, 5) is 10.4. The molecule has 7 aromatic carbocycles. The van der Waals surface area contributed by atoms with Crippen LogP contribution in [0.2, 0.25) is 0 Å². The van der Waals surface area contributed by atoms with E-state index >= 15 is 0 Å². The predicted octanol–water partition coefficient (Wildman–Crippen LogP) is 10.8. The largest absolute Gasteiger partial charge is 0.291 e. The molecule has 10 aromatic rings. The van der Waals surface area contributed by atoms with Crippen molar-refractivity contribution in [2.24, 2.45) is 0 Å². The van der Waals surface area contributed by atoms with E-state index in [1.165, 1.54) is 60.8 Å². The zero-order chi connectivity index (χ0) is 31.4. The molecule has 1 aliphatic carbocycles. The number of fused-ring (bicyclic) bond motifs is 10. The molecule has 0 spiro atoms. The molecule has 0 saturated carbocycles. The van der Waals surface area contributed by atoms with Crippen LogP contribution in [0.1, 0.15) is 22.3 Å². The molecule has 222 valence electrons. The molecule has 0 radical (unpaired) electrons. The lowest BCUT2D eigenvalue weighted by atomic mass is 9.67. The molecule has 3 heteroatoms. The first-order valence-corrected chi connectivity index (χ1v) is 16.5. The van der Waals surface area contributed by atoms with E-state index < -0.39 is 5.41 Å². The highest BCUT2D eigenvalue weighted by molar-refractivity contribution is 6.24. The molecule has 0 bridgehead atoms. The Labute approximate surface area is 276 Å². The fraction of sp³-hybridized carbons (Fsp3) is 0.0222. The molecule has 0 saturated heterocycles. The Bertz CT molecular complexity index is 2850. The summed E-state index contributed by atoms with van der Waals surface area (Å²) in [5, 5.41) is 3.59. The van der Waals surface area contributed by atoms with Gasteiger partial charge in [-0.2, -0.15) is 0 Å². The first-order valence-electron chi connectivity index (χ1n) is 16.5. The van der Waals surface area contributed by atoms with Crippen molar-refractivity contribution < 1.29 is 0 Å². The van der Waals surface area contributed by atoms with Gasteiger partial charge in [0, 0.05) is 16.2 Å². The number of nitrogens with zero attached hydrogens (tertiary/aromatic N) is 3. The Morgan fingerprint density at radius 1 is 0.458 bits per heavy atom. The van der Waals surface area contributed by atoms with Crippen molar-refractivity contribution in [2.45, 2.75) is 5.41 Å². The van der Waals surface area contributed by atoms with Crippen molar-refractivity contribution in [3.63, 3.8) is 0 Å². The fourth-order valence-electron chi connectivity index (χ4n) is 8.71. The number of para-hydroxylation sites is 3. The minimum absolute atomic E-state index is 0.446. The molecule has 3 aromatic heterocycles. The average molecular weight is 610 g/mol. The van der Waals surface area contributed by atoms with Crippen molar-refractivity contribution in [3.8, 4) is 22.3 Å². The molecule has 0 atom stereocenters. The summed E-state index contributed by atoms with van der Waals surface area (Å²) in [6.07, 6.45) is 0. The quantitative estimate of drug-likeness (QED) is 0.199. The van der Waals surface area contributed by atoms with E-state index in [2.05, 4.69) is 156 Å². The second-order valence-corrected chi connectivity index (χ2v) is 12.9. The minimum atomic E-state index is -0.446. The molecule has 0 fully saturated rings. The van der Waals surface area contributed by atoms with Crippen LogP contribution in [0, 0.1) is 0 Å². The van der Waals surface area contributed by atoms with E-state index in [0.29, 0.717) is 0 Å². The van der Waals surface area contributed by atoms with Gasteiger partial charge in [-0.3, -0.25) is 4.40 Å². The van der Waals surface area contributed by atoms with Gasteiger partial charge in [0.05, 0.1) is 27.5 Å². The highest BCUT2D eigenvalue weighted by Crippen LogP contribution is 2.58. The lowest BCUT2D eigenvalue weighted by Gasteiger charge is -2.34. The number of aromatic nitrogens is 3. The van der Waals surface area contributed by atoms with Crippen molar-refractivity contribution >= 4 is 49.4 Å². The van der Waals surface area contributed by atoms with Crippen LogP contribution in [0.15, 0.2) is 164 Å². The lowest BCUT2D eigenvalue weighted by Crippen LogP contribution is -2.28. The Balaban J connectivity index is 1.28. The zero-order valence-corrected chi connectivity index (χ0v) is 25.9. The Morgan fingerprint density at radius 2 is 1.06 bits per heavy atom. The number of rotatable bonds is 3. The summed E-state index contributed by atoms with van der Waals surface area (Å²) in [7, 11) is 0. The summed E-state index contributed by atoms with van der Waals surface area (Å²) in [6.45, 7) is 0. The molecule has 3 heterocycles. The highest BCUT2D eigenvalue weighted by atomic mass is 15.0.